The van der Waals surface area contributed by atoms with Gasteiger partial charge in [0.1, 0.15) is 12.1 Å². The van der Waals surface area contributed by atoms with Crippen molar-refractivity contribution in [2.24, 2.45) is 0 Å². The Kier molecular flexibility index (Phi) is 6.04. The number of fused-ring (bicyclic) bond motifs is 1. The number of amides is 1. The predicted molar refractivity (Wildman–Crippen MR) is 102 cm³/mol. The van der Waals surface area contributed by atoms with Gasteiger partial charge < -0.3 is 13.9 Å². The standard InChI is InChI=1S/C21H18N2O5/c1-26-13-17-16-9-5-6-10-18(16)28-20(17)21(25)27-14-19(24)23(12-11-22)15-7-3-2-4-8-15/h2-10H,12-14H2,1H3. The molecule has 0 aliphatic heterocycles. The van der Waals surface area contributed by atoms with Gasteiger partial charge in [-0.2, -0.15) is 5.26 Å². The average molecular weight is 378 g/mol. The van der Waals surface area contributed by atoms with Gasteiger partial charge in [-0.25, -0.2) is 4.79 Å². The first-order valence-electron chi connectivity index (χ1n) is 8.54. The van der Waals surface area contributed by atoms with E-state index in [1.54, 1.807) is 42.5 Å². The van der Waals surface area contributed by atoms with E-state index in [-0.39, 0.29) is 18.9 Å². The largest absolute Gasteiger partial charge is 0.450 e. The summed E-state index contributed by atoms with van der Waals surface area (Å²) in [5, 5.41) is 9.75. The quantitative estimate of drug-likeness (QED) is 0.463. The first kappa shape index (κ1) is 19.1. The molecule has 1 amide bonds. The summed E-state index contributed by atoms with van der Waals surface area (Å²) in [6.07, 6.45) is 0. The van der Waals surface area contributed by atoms with Crippen LogP contribution in [0.2, 0.25) is 0 Å². The fourth-order valence-corrected chi connectivity index (χ4v) is 2.82. The molecule has 3 aromatic rings. The summed E-state index contributed by atoms with van der Waals surface area (Å²) in [6, 6.07) is 17.8. The lowest BCUT2D eigenvalue weighted by molar-refractivity contribution is -0.121. The van der Waals surface area contributed by atoms with Gasteiger partial charge in [0.05, 0.1) is 12.7 Å². The number of benzene rings is 2. The highest BCUT2D eigenvalue weighted by atomic mass is 16.5. The third-order valence-corrected chi connectivity index (χ3v) is 4.10. The van der Waals surface area contributed by atoms with Gasteiger partial charge in [0, 0.05) is 23.7 Å². The van der Waals surface area contributed by atoms with Gasteiger partial charge >= 0.3 is 5.97 Å². The zero-order valence-electron chi connectivity index (χ0n) is 15.3. The van der Waals surface area contributed by atoms with Crippen LogP contribution in [0.25, 0.3) is 11.0 Å². The molecule has 0 spiro atoms. The smallest absolute Gasteiger partial charge is 0.375 e. The van der Waals surface area contributed by atoms with Gasteiger partial charge in [0.15, 0.2) is 6.61 Å². The van der Waals surface area contributed by atoms with Crippen LogP contribution in [-0.2, 0) is 20.9 Å². The second kappa shape index (κ2) is 8.84. The Morgan fingerprint density at radius 2 is 1.82 bits per heavy atom. The van der Waals surface area contributed by atoms with Crippen LogP contribution < -0.4 is 4.90 Å². The molecular weight excluding hydrogens is 360 g/mol. The third-order valence-electron chi connectivity index (χ3n) is 4.10. The number of esters is 1. The van der Waals surface area contributed by atoms with Gasteiger partial charge in [0.2, 0.25) is 5.76 Å². The number of para-hydroxylation sites is 2. The summed E-state index contributed by atoms with van der Waals surface area (Å²) in [5.74, 6) is -1.27. The van der Waals surface area contributed by atoms with Crippen LogP contribution in [0.15, 0.2) is 59.0 Å². The van der Waals surface area contributed by atoms with Gasteiger partial charge in [0.25, 0.3) is 5.91 Å². The highest BCUT2D eigenvalue weighted by molar-refractivity contribution is 5.99. The minimum atomic E-state index is -0.762. The molecule has 0 saturated heterocycles. The molecule has 0 aliphatic rings. The maximum absolute atomic E-state index is 12.5. The van der Waals surface area contributed by atoms with Gasteiger partial charge in [-0.05, 0) is 18.2 Å². The van der Waals surface area contributed by atoms with E-state index < -0.39 is 18.5 Å². The monoisotopic (exact) mass is 378 g/mol. The van der Waals surface area contributed by atoms with Crippen molar-refractivity contribution < 1.29 is 23.5 Å². The minimum absolute atomic E-state index is 0.00222. The van der Waals surface area contributed by atoms with E-state index in [1.165, 1.54) is 12.0 Å². The first-order chi connectivity index (χ1) is 13.7. The zero-order valence-corrected chi connectivity index (χ0v) is 15.3. The van der Waals surface area contributed by atoms with Crippen molar-refractivity contribution in [1.82, 2.24) is 0 Å². The fraction of sp³-hybridized carbons (Fsp3) is 0.190. The number of hydrogen-bond acceptors (Lipinski definition) is 6. The molecule has 7 nitrogen and oxygen atoms in total. The summed E-state index contributed by atoms with van der Waals surface area (Å²) in [5.41, 5.74) is 1.64. The maximum atomic E-state index is 12.5. The van der Waals surface area contributed by atoms with Crippen LogP contribution >= 0.6 is 0 Å². The van der Waals surface area contributed by atoms with E-state index in [1.807, 2.05) is 18.2 Å². The van der Waals surface area contributed by atoms with E-state index in [0.717, 1.165) is 5.39 Å². The number of nitriles is 1. The van der Waals surface area contributed by atoms with Crippen molar-refractivity contribution >= 4 is 28.5 Å². The second-order valence-electron chi connectivity index (χ2n) is 5.89. The normalized spacial score (nSPS) is 10.4. The van der Waals surface area contributed by atoms with E-state index in [9.17, 15) is 9.59 Å². The lowest BCUT2D eigenvalue weighted by Crippen LogP contribution is -2.35. The summed E-state index contributed by atoms with van der Waals surface area (Å²) in [4.78, 5) is 26.3. The number of rotatable bonds is 7. The molecule has 0 atom stereocenters. The lowest BCUT2D eigenvalue weighted by Gasteiger charge is -2.19. The number of nitrogens with zero attached hydrogens (tertiary/aromatic N) is 2. The Bertz CT molecular complexity index is 1020. The van der Waals surface area contributed by atoms with Gasteiger partial charge in [-0.1, -0.05) is 36.4 Å². The predicted octanol–water partition coefficient (Wildman–Crippen LogP) is 3.29. The zero-order chi connectivity index (χ0) is 19.9. The van der Waals surface area contributed by atoms with Crippen LogP contribution in [0, 0.1) is 11.3 Å². The highest BCUT2D eigenvalue weighted by Gasteiger charge is 2.24. The maximum Gasteiger partial charge on any atom is 0.375 e. The molecule has 28 heavy (non-hydrogen) atoms. The van der Waals surface area contributed by atoms with Crippen molar-refractivity contribution in [2.75, 3.05) is 25.2 Å². The van der Waals surface area contributed by atoms with Crippen molar-refractivity contribution in [2.45, 2.75) is 6.61 Å². The van der Waals surface area contributed by atoms with Gasteiger partial charge in [-0.15, -0.1) is 0 Å². The van der Waals surface area contributed by atoms with Crippen LogP contribution in [0.4, 0.5) is 5.69 Å². The van der Waals surface area contributed by atoms with E-state index >= 15 is 0 Å². The number of anilines is 1. The van der Waals surface area contributed by atoms with Crippen molar-refractivity contribution in [1.29, 1.82) is 5.26 Å². The van der Waals surface area contributed by atoms with Crippen molar-refractivity contribution in [3.8, 4) is 6.07 Å². The summed E-state index contributed by atoms with van der Waals surface area (Å²) < 4.78 is 15.9. The minimum Gasteiger partial charge on any atom is -0.450 e. The van der Waals surface area contributed by atoms with Crippen LogP contribution in [0.3, 0.4) is 0 Å². The molecule has 0 unspecified atom stereocenters. The number of furan rings is 1. The summed E-state index contributed by atoms with van der Waals surface area (Å²) in [6.45, 7) is -0.501. The van der Waals surface area contributed by atoms with Crippen molar-refractivity contribution in [3.05, 3.63) is 65.9 Å². The van der Waals surface area contributed by atoms with E-state index in [4.69, 9.17) is 19.2 Å². The SMILES string of the molecule is COCc1c(C(=O)OCC(=O)N(CC#N)c2ccccc2)oc2ccccc12. The Morgan fingerprint density at radius 3 is 2.54 bits per heavy atom. The molecule has 142 valence electrons. The molecule has 2 aromatic carbocycles. The Balaban J connectivity index is 1.76. The summed E-state index contributed by atoms with van der Waals surface area (Å²) in [7, 11) is 1.51. The molecule has 1 aromatic heterocycles. The molecule has 1 heterocycles. The second-order valence-corrected chi connectivity index (χ2v) is 5.89. The van der Waals surface area contributed by atoms with E-state index in [2.05, 4.69) is 0 Å². The number of methoxy groups -OCH3 is 1. The molecule has 0 radical (unpaired) electrons. The Hall–Kier alpha value is -3.63. The molecular formula is C21H18N2O5. The fourth-order valence-electron chi connectivity index (χ4n) is 2.82. The van der Waals surface area contributed by atoms with Crippen LogP contribution in [0.5, 0.6) is 0 Å². The number of hydrogen-bond donors (Lipinski definition) is 0. The number of carbonyl (C=O) groups is 2. The molecule has 0 N–H and O–H groups in total. The topological polar surface area (TPSA) is 92.8 Å². The average Bonchev–Trinajstić information content (AvgIpc) is 3.10. The van der Waals surface area contributed by atoms with Crippen LogP contribution in [-0.4, -0.2) is 32.1 Å². The summed E-state index contributed by atoms with van der Waals surface area (Å²) >= 11 is 0. The lowest BCUT2D eigenvalue weighted by atomic mass is 10.1. The number of carbonyl (C=O) groups excluding carboxylic acids is 2. The molecule has 0 bridgehead atoms. The Labute approximate surface area is 161 Å². The Morgan fingerprint density at radius 1 is 1.11 bits per heavy atom. The van der Waals surface area contributed by atoms with E-state index in [0.29, 0.717) is 16.8 Å². The molecule has 7 heteroatoms. The molecule has 0 fully saturated rings. The first-order valence-corrected chi connectivity index (χ1v) is 8.54. The molecule has 0 saturated carbocycles. The van der Waals surface area contributed by atoms with Crippen LogP contribution in [0.1, 0.15) is 16.1 Å². The molecule has 0 aliphatic carbocycles. The molecule has 3 rings (SSSR count). The number of ether oxygens (including phenoxy) is 2. The van der Waals surface area contributed by atoms with Gasteiger partial charge in [-0.3, -0.25) is 9.69 Å². The third kappa shape index (κ3) is 4.03. The highest BCUT2D eigenvalue weighted by Crippen LogP contribution is 2.27. The van der Waals surface area contributed by atoms with Crippen molar-refractivity contribution in [3.63, 3.8) is 0 Å².